The number of amides is 1. The molecule has 2 atom stereocenters. The summed E-state index contributed by atoms with van der Waals surface area (Å²) in [7, 11) is 0. The van der Waals surface area contributed by atoms with Gasteiger partial charge in [0.1, 0.15) is 29.1 Å². The van der Waals surface area contributed by atoms with Crippen LogP contribution < -0.4 is 4.90 Å². The second-order valence-corrected chi connectivity index (χ2v) is 8.28. The molecule has 0 radical (unpaired) electrons. The topological polar surface area (TPSA) is 104 Å². The van der Waals surface area contributed by atoms with E-state index in [4.69, 9.17) is 9.84 Å². The molecule has 1 aromatic carbocycles. The number of aromatic nitrogens is 3. The summed E-state index contributed by atoms with van der Waals surface area (Å²) in [5, 5.41) is 16.7. The summed E-state index contributed by atoms with van der Waals surface area (Å²) < 4.78 is 33.0. The average molecular weight is 406 g/mol. The van der Waals surface area contributed by atoms with E-state index in [1.165, 1.54) is 15.6 Å². The van der Waals surface area contributed by atoms with E-state index in [1.54, 1.807) is 18.3 Å². The first-order valence-electron chi connectivity index (χ1n) is 8.85. The van der Waals surface area contributed by atoms with E-state index in [9.17, 15) is 13.7 Å². The van der Waals surface area contributed by atoms with Gasteiger partial charge in [-0.25, -0.2) is 13.9 Å². The van der Waals surface area contributed by atoms with Gasteiger partial charge in [0.2, 0.25) is 0 Å². The number of ether oxygens (including phenoxy) is 1. The molecule has 0 unspecified atom stereocenters. The van der Waals surface area contributed by atoms with Gasteiger partial charge < -0.3 is 14.4 Å². The van der Waals surface area contributed by atoms with Gasteiger partial charge in [0.15, 0.2) is 0 Å². The first-order valence-corrected chi connectivity index (χ1v) is 10.3. The van der Waals surface area contributed by atoms with Crippen LogP contribution in [-0.4, -0.2) is 54.9 Å². The lowest BCUT2D eigenvalue weighted by atomic mass is 10.0. The number of hydrogen-bond acceptors (Lipinski definition) is 6. The minimum atomic E-state index is -0.866. The van der Waals surface area contributed by atoms with Crippen molar-refractivity contribution in [2.75, 3.05) is 23.0 Å². The van der Waals surface area contributed by atoms with Crippen molar-refractivity contribution >= 4 is 28.5 Å². The van der Waals surface area contributed by atoms with Gasteiger partial charge in [0, 0.05) is 12.0 Å². The van der Waals surface area contributed by atoms with Crippen LogP contribution in [0.2, 0.25) is 0 Å². The van der Waals surface area contributed by atoms with E-state index < -0.39 is 29.2 Å². The van der Waals surface area contributed by atoms with Gasteiger partial charge in [-0.15, -0.1) is 5.10 Å². The third kappa shape index (κ3) is 3.89. The maximum absolute atomic E-state index is 14.7. The summed E-state index contributed by atoms with van der Waals surface area (Å²) in [5.74, 6) is 0.557. The second-order valence-electron chi connectivity index (χ2n) is 6.66. The summed E-state index contributed by atoms with van der Waals surface area (Å²) in [4.78, 5) is 13.6. The summed E-state index contributed by atoms with van der Waals surface area (Å²) in [6.07, 6.45) is 2.96. The van der Waals surface area contributed by atoms with Gasteiger partial charge in [0.05, 0.1) is 31.6 Å². The van der Waals surface area contributed by atoms with Gasteiger partial charge in [-0.2, -0.15) is 0 Å². The zero-order chi connectivity index (χ0) is 19.7. The van der Waals surface area contributed by atoms with Crippen LogP contribution in [0.1, 0.15) is 17.7 Å². The number of halogens is 1. The number of hydrogen-bond donors (Lipinski definition) is 1. The van der Waals surface area contributed by atoms with Crippen LogP contribution in [0.3, 0.4) is 0 Å². The summed E-state index contributed by atoms with van der Waals surface area (Å²) in [5.41, 5.74) is 2.17. The Labute approximate surface area is 163 Å². The Balaban J connectivity index is 1.46. The number of carbonyl (C=O) groups excluding carboxylic acids is 1. The van der Waals surface area contributed by atoms with Crippen LogP contribution in [0.25, 0.3) is 5.57 Å². The van der Waals surface area contributed by atoms with Crippen molar-refractivity contribution in [3.63, 3.8) is 0 Å². The summed E-state index contributed by atoms with van der Waals surface area (Å²) >= 11 is -0.866. The van der Waals surface area contributed by atoms with E-state index >= 15 is 0 Å². The molecule has 3 heterocycles. The molecular formula is C18H19FN4O4S. The van der Waals surface area contributed by atoms with Gasteiger partial charge in [-0.1, -0.05) is 5.21 Å². The average Bonchev–Trinajstić information content (AvgIpc) is 3.29. The van der Waals surface area contributed by atoms with E-state index in [2.05, 4.69) is 10.3 Å². The molecule has 1 aromatic heterocycles. The Morgan fingerprint density at radius 3 is 2.96 bits per heavy atom. The molecular weight excluding hydrogens is 387 g/mol. The molecule has 10 heteroatoms. The largest absolute Gasteiger partial charge is 0.616 e. The van der Waals surface area contributed by atoms with Crippen LogP contribution >= 0.6 is 0 Å². The summed E-state index contributed by atoms with van der Waals surface area (Å²) in [6.45, 7) is 0.335. The fourth-order valence-corrected chi connectivity index (χ4v) is 4.32. The fourth-order valence-electron chi connectivity index (χ4n) is 3.32. The first-order chi connectivity index (χ1) is 13.5. The Morgan fingerprint density at radius 2 is 2.29 bits per heavy atom. The Hall–Kier alpha value is -2.43. The highest BCUT2D eigenvalue weighted by Crippen LogP contribution is 2.30. The van der Waals surface area contributed by atoms with Crippen molar-refractivity contribution < 1.29 is 23.6 Å². The highest BCUT2D eigenvalue weighted by molar-refractivity contribution is 7.91. The number of anilines is 1. The molecule has 148 valence electrons. The van der Waals surface area contributed by atoms with Gasteiger partial charge in [-0.3, -0.25) is 4.90 Å². The molecule has 0 bridgehead atoms. The van der Waals surface area contributed by atoms with Crippen molar-refractivity contribution in [1.82, 2.24) is 15.0 Å². The number of benzene rings is 1. The molecule has 2 aliphatic heterocycles. The number of aliphatic hydroxyl groups excluding tert-OH is 1. The molecule has 0 aliphatic carbocycles. The maximum atomic E-state index is 14.7. The SMILES string of the molecule is O=C1O[C@@H](Cn2cc(CO)nn2)CN1c1ccc(C2=CC[S@+]([O-])CC2)c(F)c1. The lowest BCUT2D eigenvalue weighted by molar-refractivity contribution is 0.129. The highest BCUT2D eigenvalue weighted by Gasteiger charge is 2.33. The van der Waals surface area contributed by atoms with Crippen LogP contribution in [0.15, 0.2) is 30.5 Å². The predicted octanol–water partition coefficient (Wildman–Crippen LogP) is 1.47. The number of allylic oxidation sites excluding steroid dienone is 1. The van der Waals surface area contributed by atoms with E-state index in [0.29, 0.717) is 41.4 Å². The predicted molar refractivity (Wildman–Crippen MR) is 100 cm³/mol. The molecule has 4 rings (SSSR count). The van der Waals surface area contributed by atoms with E-state index in [-0.39, 0.29) is 13.2 Å². The van der Waals surface area contributed by atoms with Crippen molar-refractivity contribution in [2.24, 2.45) is 0 Å². The van der Waals surface area contributed by atoms with Gasteiger partial charge in [-0.05, 0) is 41.0 Å². The second kappa shape index (κ2) is 7.90. The molecule has 1 N–H and O–H groups in total. The molecule has 2 aromatic rings. The third-order valence-corrected chi connectivity index (χ3v) is 5.94. The fraction of sp³-hybridized carbons (Fsp3) is 0.389. The smallest absolute Gasteiger partial charge is 0.414 e. The molecule has 1 amide bonds. The van der Waals surface area contributed by atoms with E-state index in [1.807, 2.05) is 6.08 Å². The molecule has 1 saturated heterocycles. The molecule has 0 saturated carbocycles. The zero-order valence-corrected chi connectivity index (χ0v) is 15.8. The van der Waals surface area contributed by atoms with Crippen molar-refractivity contribution in [1.29, 1.82) is 0 Å². The Kier molecular flexibility index (Phi) is 5.33. The summed E-state index contributed by atoms with van der Waals surface area (Å²) in [6, 6.07) is 4.66. The normalized spacial score (nSPS) is 22.3. The van der Waals surface area contributed by atoms with E-state index in [0.717, 1.165) is 5.57 Å². The van der Waals surface area contributed by atoms with Crippen molar-refractivity contribution in [3.05, 3.63) is 47.5 Å². The van der Waals surface area contributed by atoms with Crippen LogP contribution in [0.4, 0.5) is 14.9 Å². The molecule has 2 aliphatic rings. The maximum Gasteiger partial charge on any atom is 0.414 e. The lowest BCUT2D eigenvalue weighted by Gasteiger charge is -2.19. The van der Waals surface area contributed by atoms with Crippen LogP contribution in [0, 0.1) is 5.82 Å². The Bertz CT molecular complexity index is 919. The molecule has 28 heavy (non-hydrogen) atoms. The monoisotopic (exact) mass is 406 g/mol. The zero-order valence-electron chi connectivity index (χ0n) is 15.0. The van der Waals surface area contributed by atoms with Crippen LogP contribution in [-0.2, 0) is 29.1 Å². The number of aliphatic hydroxyl groups is 1. The van der Waals surface area contributed by atoms with Gasteiger partial charge in [0.25, 0.3) is 0 Å². The van der Waals surface area contributed by atoms with Gasteiger partial charge >= 0.3 is 6.09 Å². The first kappa shape index (κ1) is 18.9. The molecule has 1 fully saturated rings. The quantitative estimate of drug-likeness (QED) is 0.755. The number of carbonyl (C=O) groups is 1. The Morgan fingerprint density at radius 1 is 1.43 bits per heavy atom. The highest BCUT2D eigenvalue weighted by atomic mass is 32.2. The van der Waals surface area contributed by atoms with Crippen molar-refractivity contribution in [2.45, 2.75) is 25.7 Å². The number of rotatable bonds is 5. The third-order valence-electron chi connectivity index (χ3n) is 4.74. The standard InChI is InChI=1S/C18H19FN4O4S/c19-17-7-14(1-2-16(17)12-3-5-28(26)6-4-12)23-10-15(27-18(23)25)9-22-8-13(11-24)20-21-22/h1-3,7-8,15,24H,4-6,9-11H2/t15-,28-/m0/s1. The van der Waals surface area contributed by atoms with Crippen LogP contribution in [0.5, 0.6) is 0 Å². The minimum absolute atomic E-state index is 0.214. The molecule has 8 nitrogen and oxygen atoms in total. The molecule has 0 spiro atoms. The lowest BCUT2D eigenvalue weighted by Crippen LogP contribution is -2.26. The minimum Gasteiger partial charge on any atom is -0.616 e. The van der Waals surface area contributed by atoms with Crippen molar-refractivity contribution in [3.8, 4) is 0 Å². The number of nitrogens with zero attached hydrogens (tertiary/aromatic N) is 4. The number of cyclic esters (lactones) is 1.